The first-order valence-corrected chi connectivity index (χ1v) is 9.23. The first kappa shape index (κ1) is 18.0. The predicted molar refractivity (Wildman–Crippen MR) is 108 cm³/mol. The molecule has 2 aromatic carbocycles. The lowest BCUT2D eigenvalue weighted by Gasteiger charge is -2.11. The second-order valence-corrected chi connectivity index (χ2v) is 7.25. The van der Waals surface area contributed by atoms with Gasteiger partial charge in [0.25, 0.3) is 5.56 Å². The van der Waals surface area contributed by atoms with Gasteiger partial charge < -0.3 is 4.74 Å². The highest BCUT2D eigenvalue weighted by atomic mass is 16.5. The number of methoxy groups -OCH3 is 1. The van der Waals surface area contributed by atoms with E-state index in [2.05, 4.69) is 5.10 Å². The number of rotatable bonds is 5. The average molecular weight is 378 g/mol. The topological polar surface area (TPSA) is 70.5 Å². The Morgan fingerprint density at radius 3 is 2.61 bits per heavy atom. The van der Waals surface area contributed by atoms with Crippen molar-refractivity contribution in [1.82, 2.24) is 18.7 Å². The van der Waals surface area contributed by atoms with Gasteiger partial charge in [-0.05, 0) is 35.7 Å². The Balaban J connectivity index is 1.97. The molecule has 4 rings (SSSR count). The molecule has 0 saturated heterocycles. The number of aromatic nitrogens is 4. The van der Waals surface area contributed by atoms with E-state index >= 15 is 0 Å². The zero-order valence-corrected chi connectivity index (χ0v) is 16.1. The lowest BCUT2D eigenvalue weighted by atomic mass is 10.2. The largest absolute Gasteiger partial charge is 0.497 e. The maximum Gasteiger partial charge on any atom is 0.352 e. The summed E-state index contributed by atoms with van der Waals surface area (Å²) in [6.07, 6.45) is 0. The van der Waals surface area contributed by atoms with Gasteiger partial charge in [-0.25, -0.2) is 13.9 Å². The fraction of sp³-hybridized carbons (Fsp3) is 0.286. The molecule has 0 fully saturated rings. The summed E-state index contributed by atoms with van der Waals surface area (Å²) >= 11 is 0. The molecule has 0 aliphatic rings. The van der Waals surface area contributed by atoms with Crippen molar-refractivity contribution in [2.75, 3.05) is 7.11 Å². The normalized spacial score (nSPS) is 11.6. The number of nitrogens with zero attached hydrogens (tertiary/aromatic N) is 4. The number of hydrogen-bond donors (Lipinski definition) is 0. The molecule has 0 N–H and O–H groups in total. The zero-order chi connectivity index (χ0) is 19.8. The molecule has 0 spiro atoms. The van der Waals surface area contributed by atoms with E-state index in [-0.39, 0.29) is 17.2 Å². The molecular weight excluding hydrogens is 356 g/mol. The Morgan fingerprint density at radius 1 is 1.07 bits per heavy atom. The van der Waals surface area contributed by atoms with Crippen LogP contribution in [0.5, 0.6) is 5.75 Å². The fourth-order valence-electron chi connectivity index (χ4n) is 3.44. The van der Waals surface area contributed by atoms with Crippen LogP contribution in [0.2, 0.25) is 0 Å². The second kappa shape index (κ2) is 6.99. The zero-order valence-electron chi connectivity index (χ0n) is 16.1. The third kappa shape index (κ3) is 2.98. The van der Waals surface area contributed by atoms with Gasteiger partial charge in [0.2, 0.25) is 5.78 Å². The van der Waals surface area contributed by atoms with Crippen molar-refractivity contribution < 1.29 is 4.74 Å². The summed E-state index contributed by atoms with van der Waals surface area (Å²) in [5, 5.41) is 5.03. The molecule has 0 atom stereocenters. The van der Waals surface area contributed by atoms with E-state index in [1.54, 1.807) is 29.9 Å². The van der Waals surface area contributed by atoms with E-state index in [1.807, 2.05) is 44.2 Å². The van der Waals surface area contributed by atoms with Gasteiger partial charge in [0.05, 0.1) is 24.6 Å². The first-order chi connectivity index (χ1) is 13.5. The minimum Gasteiger partial charge on any atom is -0.497 e. The third-order valence-electron chi connectivity index (χ3n) is 4.70. The van der Waals surface area contributed by atoms with Crippen LogP contribution in [0, 0.1) is 5.92 Å². The van der Waals surface area contributed by atoms with Crippen molar-refractivity contribution in [2.45, 2.75) is 26.9 Å². The summed E-state index contributed by atoms with van der Waals surface area (Å²) in [6, 6.07) is 14.7. The van der Waals surface area contributed by atoms with E-state index in [0.717, 1.165) is 11.3 Å². The second-order valence-electron chi connectivity index (χ2n) is 7.25. The van der Waals surface area contributed by atoms with E-state index in [1.165, 1.54) is 9.08 Å². The molecule has 144 valence electrons. The van der Waals surface area contributed by atoms with E-state index in [9.17, 15) is 9.59 Å². The third-order valence-corrected chi connectivity index (χ3v) is 4.70. The van der Waals surface area contributed by atoms with Gasteiger partial charge in [0, 0.05) is 6.54 Å². The minimum absolute atomic E-state index is 0.129. The van der Waals surface area contributed by atoms with Crippen LogP contribution in [0.15, 0.2) is 58.1 Å². The molecule has 0 aliphatic carbocycles. The molecule has 7 nitrogen and oxygen atoms in total. The molecule has 0 saturated carbocycles. The smallest absolute Gasteiger partial charge is 0.352 e. The molecule has 0 radical (unpaired) electrons. The highest BCUT2D eigenvalue weighted by Gasteiger charge is 2.18. The van der Waals surface area contributed by atoms with Crippen molar-refractivity contribution in [3.05, 3.63) is 74.9 Å². The lowest BCUT2D eigenvalue weighted by molar-refractivity contribution is 0.414. The van der Waals surface area contributed by atoms with Crippen LogP contribution in [0.1, 0.15) is 19.4 Å². The van der Waals surface area contributed by atoms with Crippen molar-refractivity contribution >= 4 is 16.7 Å². The van der Waals surface area contributed by atoms with Crippen LogP contribution in [0.4, 0.5) is 0 Å². The molecule has 0 unspecified atom stereocenters. The first-order valence-electron chi connectivity index (χ1n) is 9.23. The molecular formula is C21H22N4O3. The Hall–Kier alpha value is -3.35. The number of benzene rings is 2. The summed E-state index contributed by atoms with van der Waals surface area (Å²) in [5.41, 5.74) is 1.07. The van der Waals surface area contributed by atoms with Crippen LogP contribution >= 0.6 is 0 Å². The van der Waals surface area contributed by atoms with E-state index in [0.29, 0.717) is 29.8 Å². The molecule has 2 heterocycles. The van der Waals surface area contributed by atoms with Gasteiger partial charge in [-0.15, -0.1) is 5.10 Å². The Bertz CT molecular complexity index is 1280. The van der Waals surface area contributed by atoms with Crippen LogP contribution < -0.4 is 16.0 Å². The van der Waals surface area contributed by atoms with Crippen molar-refractivity contribution in [1.29, 1.82) is 0 Å². The van der Waals surface area contributed by atoms with Gasteiger partial charge in [-0.2, -0.15) is 0 Å². The quantitative estimate of drug-likeness (QED) is 0.535. The van der Waals surface area contributed by atoms with Crippen LogP contribution in [0.25, 0.3) is 16.7 Å². The Morgan fingerprint density at radius 2 is 1.86 bits per heavy atom. The fourth-order valence-corrected chi connectivity index (χ4v) is 3.44. The maximum absolute atomic E-state index is 13.2. The summed E-state index contributed by atoms with van der Waals surface area (Å²) < 4.78 is 9.78. The number of hydrogen-bond acceptors (Lipinski definition) is 4. The van der Waals surface area contributed by atoms with Crippen LogP contribution in [0.3, 0.4) is 0 Å². The summed E-state index contributed by atoms with van der Waals surface area (Å²) in [7, 11) is 1.60. The lowest BCUT2D eigenvalue weighted by Crippen LogP contribution is -2.27. The molecule has 0 amide bonds. The van der Waals surface area contributed by atoms with Gasteiger partial charge in [-0.3, -0.25) is 9.36 Å². The Kier molecular flexibility index (Phi) is 4.50. The molecule has 4 aromatic rings. The standard InChI is InChI=1S/C21H22N4O3/c1-14(2)12-23-19(26)17-9-4-5-10-18(17)25-20(23)22-24(21(25)27)13-15-7-6-8-16(11-15)28-3/h4-11,14H,12-13H2,1-3H3. The van der Waals surface area contributed by atoms with Gasteiger partial charge >= 0.3 is 5.69 Å². The molecule has 28 heavy (non-hydrogen) atoms. The SMILES string of the molecule is COc1cccc(Cn2nc3n(CC(C)C)c(=O)c4ccccc4n3c2=O)c1. The van der Waals surface area contributed by atoms with Crippen molar-refractivity contribution in [3.63, 3.8) is 0 Å². The van der Waals surface area contributed by atoms with Crippen molar-refractivity contribution in [3.8, 4) is 5.75 Å². The number of ether oxygens (including phenoxy) is 1. The van der Waals surface area contributed by atoms with Gasteiger partial charge in [0.1, 0.15) is 5.75 Å². The average Bonchev–Trinajstić information content (AvgIpc) is 3.01. The molecule has 2 aromatic heterocycles. The maximum atomic E-state index is 13.2. The molecule has 0 bridgehead atoms. The summed E-state index contributed by atoms with van der Waals surface area (Å²) in [6.45, 7) is 4.84. The predicted octanol–water partition coefficient (Wildman–Crippen LogP) is 2.52. The Labute approximate surface area is 161 Å². The highest BCUT2D eigenvalue weighted by molar-refractivity contribution is 5.80. The summed E-state index contributed by atoms with van der Waals surface area (Å²) in [4.78, 5) is 26.2. The van der Waals surface area contributed by atoms with Crippen molar-refractivity contribution in [2.24, 2.45) is 5.92 Å². The van der Waals surface area contributed by atoms with Gasteiger partial charge in [-0.1, -0.05) is 38.1 Å². The molecule has 0 aliphatic heterocycles. The van der Waals surface area contributed by atoms with Crippen LogP contribution in [-0.4, -0.2) is 25.9 Å². The highest BCUT2D eigenvalue weighted by Crippen LogP contribution is 2.15. The van der Waals surface area contributed by atoms with Crippen LogP contribution in [-0.2, 0) is 13.1 Å². The van der Waals surface area contributed by atoms with E-state index in [4.69, 9.17) is 4.74 Å². The number of fused-ring (bicyclic) bond motifs is 3. The number of para-hydroxylation sites is 1. The van der Waals surface area contributed by atoms with Gasteiger partial charge in [0.15, 0.2) is 0 Å². The monoisotopic (exact) mass is 378 g/mol. The molecule has 7 heteroatoms. The summed E-state index contributed by atoms with van der Waals surface area (Å²) in [5.74, 6) is 1.32. The van der Waals surface area contributed by atoms with E-state index < -0.39 is 0 Å². The minimum atomic E-state index is -0.272.